The summed E-state index contributed by atoms with van der Waals surface area (Å²) in [4.78, 5) is 28.8. The Morgan fingerprint density at radius 1 is 0.895 bits per heavy atom. The Bertz CT molecular complexity index is 1360. The number of para-hydroxylation sites is 1. The lowest BCUT2D eigenvalue weighted by molar-refractivity contribution is -0.140. The maximum atomic E-state index is 14.0. The number of benzene rings is 3. The molecular formula is C30H37N3O4S. The number of carbonyl (C=O) groups is 2. The summed E-state index contributed by atoms with van der Waals surface area (Å²) in [6, 6.07) is 22.0. The van der Waals surface area contributed by atoms with E-state index >= 15 is 0 Å². The van der Waals surface area contributed by atoms with Crippen molar-refractivity contribution < 1.29 is 18.0 Å². The van der Waals surface area contributed by atoms with Crippen LogP contribution in [0.15, 0.2) is 83.8 Å². The predicted molar refractivity (Wildman–Crippen MR) is 151 cm³/mol. The van der Waals surface area contributed by atoms with Crippen LogP contribution in [0.3, 0.4) is 0 Å². The molecule has 3 rings (SSSR count). The number of sulfonamides is 1. The maximum absolute atomic E-state index is 14.0. The van der Waals surface area contributed by atoms with Crippen molar-refractivity contribution >= 4 is 27.5 Å². The van der Waals surface area contributed by atoms with Gasteiger partial charge in [0.05, 0.1) is 10.6 Å². The zero-order valence-corrected chi connectivity index (χ0v) is 23.5. The van der Waals surface area contributed by atoms with Crippen LogP contribution < -0.4 is 9.62 Å². The van der Waals surface area contributed by atoms with Gasteiger partial charge in [0.1, 0.15) is 12.6 Å². The molecular weight excluding hydrogens is 498 g/mol. The van der Waals surface area contributed by atoms with Gasteiger partial charge >= 0.3 is 0 Å². The Labute approximate surface area is 226 Å². The number of rotatable bonds is 11. The normalized spacial score (nSPS) is 12.2. The third-order valence-electron chi connectivity index (χ3n) is 6.25. The van der Waals surface area contributed by atoms with Crippen LogP contribution in [0.1, 0.15) is 43.9 Å². The SMILES string of the molecule is CC[C@@H](C(=O)NC(C)C)N(Cc1cccc(C)c1)C(=O)CN(c1ccccc1C)S(=O)(=O)c1ccccc1. The lowest BCUT2D eigenvalue weighted by Gasteiger charge is -2.34. The van der Waals surface area contributed by atoms with Crippen LogP contribution in [-0.2, 0) is 26.2 Å². The Hall–Kier alpha value is -3.65. The van der Waals surface area contributed by atoms with E-state index in [9.17, 15) is 18.0 Å². The highest BCUT2D eigenvalue weighted by Crippen LogP contribution is 2.27. The second-order valence-corrected chi connectivity index (χ2v) is 11.6. The van der Waals surface area contributed by atoms with Crippen LogP contribution in [0.4, 0.5) is 5.69 Å². The molecule has 1 N–H and O–H groups in total. The molecule has 1 atom stereocenters. The first-order chi connectivity index (χ1) is 18.0. The van der Waals surface area contributed by atoms with E-state index in [4.69, 9.17) is 0 Å². The van der Waals surface area contributed by atoms with Gasteiger partial charge in [0.15, 0.2) is 0 Å². The van der Waals surface area contributed by atoms with Crippen molar-refractivity contribution in [1.82, 2.24) is 10.2 Å². The largest absolute Gasteiger partial charge is 0.352 e. The van der Waals surface area contributed by atoms with Gasteiger partial charge in [-0.15, -0.1) is 0 Å². The van der Waals surface area contributed by atoms with Crippen molar-refractivity contribution in [2.24, 2.45) is 0 Å². The van der Waals surface area contributed by atoms with Crippen LogP contribution in [0.25, 0.3) is 0 Å². The fourth-order valence-corrected chi connectivity index (χ4v) is 5.88. The van der Waals surface area contributed by atoms with Crippen molar-refractivity contribution in [3.05, 3.63) is 95.6 Å². The van der Waals surface area contributed by atoms with E-state index < -0.39 is 28.5 Å². The van der Waals surface area contributed by atoms with Crippen molar-refractivity contribution in [2.75, 3.05) is 10.8 Å². The van der Waals surface area contributed by atoms with E-state index in [2.05, 4.69) is 5.32 Å². The fraction of sp³-hybridized carbons (Fsp3) is 0.333. The predicted octanol–water partition coefficient (Wildman–Crippen LogP) is 4.83. The van der Waals surface area contributed by atoms with Gasteiger partial charge in [0.25, 0.3) is 10.0 Å². The molecule has 7 nitrogen and oxygen atoms in total. The van der Waals surface area contributed by atoms with Gasteiger partial charge in [-0.05, 0) is 63.4 Å². The minimum absolute atomic E-state index is 0.0888. The molecule has 3 aromatic rings. The molecule has 0 fully saturated rings. The van der Waals surface area contributed by atoms with Crippen LogP contribution in [0, 0.1) is 13.8 Å². The van der Waals surface area contributed by atoms with E-state index in [-0.39, 0.29) is 23.4 Å². The molecule has 0 spiro atoms. The Morgan fingerprint density at radius 2 is 1.55 bits per heavy atom. The van der Waals surface area contributed by atoms with Gasteiger partial charge in [-0.3, -0.25) is 13.9 Å². The zero-order chi connectivity index (χ0) is 27.9. The minimum Gasteiger partial charge on any atom is -0.352 e. The number of nitrogens with zero attached hydrogens (tertiary/aromatic N) is 2. The molecule has 8 heteroatoms. The summed E-state index contributed by atoms with van der Waals surface area (Å²) < 4.78 is 28.8. The quantitative estimate of drug-likeness (QED) is 0.381. The molecule has 202 valence electrons. The average molecular weight is 536 g/mol. The number of nitrogens with one attached hydrogen (secondary N) is 1. The highest BCUT2D eigenvalue weighted by Gasteiger charge is 2.34. The average Bonchev–Trinajstić information content (AvgIpc) is 2.87. The first kappa shape index (κ1) is 28.9. The summed E-state index contributed by atoms with van der Waals surface area (Å²) in [6.07, 6.45) is 0.381. The summed E-state index contributed by atoms with van der Waals surface area (Å²) in [5.41, 5.74) is 3.03. The van der Waals surface area contributed by atoms with Crippen molar-refractivity contribution in [2.45, 2.75) is 64.6 Å². The van der Waals surface area contributed by atoms with Gasteiger partial charge in [0.2, 0.25) is 11.8 Å². The molecule has 0 saturated carbocycles. The Kier molecular flexibility index (Phi) is 9.69. The van der Waals surface area contributed by atoms with Gasteiger partial charge in [-0.1, -0.05) is 73.2 Å². The molecule has 0 saturated heterocycles. The van der Waals surface area contributed by atoms with E-state index in [1.165, 1.54) is 17.0 Å². The summed E-state index contributed by atoms with van der Waals surface area (Å²) in [5.74, 6) is -0.725. The smallest absolute Gasteiger partial charge is 0.264 e. The Morgan fingerprint density at radius 3 is 2.16 bits per heavy atom. The minimum atomic E-state index is -4.07. The second-order valence-electron chi connectivity index (χ2n) is 9.71. The van der Waals surface area contributed by atoms with E-state index in [1.807, 2.05) is 71.0 Å². The number of hydrogen-bond donors (Lipinski definition) is 1. The zero-order valence-electron chi connectivity index (χ0n) is 22.7. The van der Waals surface area contributed by atoms with Crippen LogP contribution in [-0.4, -0.2) is 43.8 Å². The maximum Gasteiger partial charge on any atom is 0.264 e. The highest BCUT2D eigenvalue weighted by molar-refractivity contribution is 7.92. The third-order valence-corrected chi connectivity index (χ3v) is 8.02. The second kappa shape index (κ2) is 12.7. The van der Waals surface area contributed by atoms with Crippen molar-refractivity contribution in [3.8, 4) is 0 Å². The molecule has 3 aromatic carbocycles. The molecule has 0 radical (unpaired) electrons. The first-order valence-corrected chi connectivity index (χ1v) is 14.3. The topological polar surface area (TPSA) is 86.8 Å². The molecule has 0 aliphatic carbocycles. The molecule has 2 amide bonds. The molecule has 38 heavy (non-hydrogen) atoms. The Balaban J connectivity index is 2.07. The van der Waals surface area contributed by atoms with Crippen molar-refractivity contribution in [1.29, 1.82) is 0 Å². The molecule has 0 aliphatic rings. The monoisotopic (exact) mass is 535 g/mol. The number of anilines is 1. The lowest BCUT2D eigenvalue weighted by atomic mass is 10.1. The summed E-state index contributed by atoms with van der Waals surface area (Å²) in [7, 11) is -4.07. The summed E-state index contributed by atoms with van der Waals surface area (Å²) in [5, 5.41) is 2.91. The first-order valence-electron chi connectivity index (χ1n) is 12.8. The van der Waals surface area contributed by atoms with E-state index in [0.29, 0.717) is 12.1 Å². The number of amides is 2. The number of carbonyl (C=O) groups excluding carboxylic acids is 2. The fourth-order valence-electron chi connectivity index (χ4n) is 4.38. The lowest BCUT2D eigenvalue weighted by Crippen LogP contribution is -2.53. The molecule has 0 heterocycles. The van der Waals surface area contributed by atoms with Gasteiger partial charge < -0.3 is 10.2 Å². The van der Waals surface area contributed by atoms with Crippen molar-refractivity contribution in [3.63, 3.8) is 0 Å². The number of aryl methyl sites for hydroxylation is 2. The summed E-state index contributed by atoms with van der Waals surface area (Å²) >= 11 is 0. The molecule has 0 aromatic heterocycles. The van der Waals surface area contributed by atoms with Gasteiger partial charge in [-0.2, -0.15) is 0 Å². The molecule has 0 unspecified atom stereocenters. The molecule has 0 bridgehead atoms. The third kappa shape index (κ3) is 7.01. The van der Waals surface area contributed by atoms with E-state index in [1.54, 1.807) is 30.3 Å². The molecule has 0 aliphatic heterocycles. The summed E-state index contributed by atoms with van der Waals surface area (Å²) in [6.45, 7) is 9.08. The van der Waals surface area contributed by atoms with Gasteiger partial charge in [0, 0.05) is 12.6 Å². The standard InChI is InChI=1S/C30H37N3O4S/c1-6-27(30(35)31-22(2)3)32(20-25-15-12-13-23(4)19-25)29(34)21-33(28-18-11-10-14-24(28)5)38(36,37)26-16-8-7-9-17-26/h7-19,22,27H,6,20-21H2,1-5H3,(H,31,35)/t27-/m0/s1. The van der Waals surface area contributed by atoms with Crippen LogP contribution in [0.2, 0.25) is 0 Å². The van der Waals surface area contributed by atoms with Crippen LogP contribution in [0.5, 0.6) is 0 Å². The number of hydrogen-bond acceptors (Lipinski definition) is 4. The van der Waals surface area contributed by atoms with Crippen LogP contribution >= 0.6 is 0 Å². The highest BCUT2D eigenvalue weighted by atomic mass is 32.2. The van der Waals surface area contributed by atoms with Gasteiger partial charge in [-0.25, -0.2) is 8.42 Å². The van der Waals surface area contributed by atoms with E-state index in [0.717, 1.165) is 21.0 Å².